The third-order valence-electron chi connectivity index (χ3n) is 0.951. The van der Waals surface area contributed by atoms with Gasteiger partial charge in [-0.1, -0.05) is 5.06 Å². The van der Waals surface area contributed by atoms with E-state index in [0.29, 0.717) is 5.06 Å². The van der Waals surface area contributed by atoms with E-state index in [4.69, 9.17) is 10.6 Å². The summed E-state index contributed by atoms with van der Waals surface area (Å²) in [5.74, 6) is 4.06. The second kappa shape index (κ2) is 4.20. The fraction of sp³-hybridized carbons (Fsp3) is 0.714. The van der Waals surface area contributed by atoms with E-state index in [-0.39, 0.29) is 0 Å². The van der Waals surface area contributed by atoms with Gasteiger partial charge in [0.1, 0.15) is 5.60 Å². The Morgan fingerprint density at radius 1 is 1.31 bits per heavy atom. The van der Waals surface area contributed by atoms with Crippen molar-refractivity contribution >= 4 is 12.0 Å². The van der Waals surface area contributed by atoms with Gasteiger partial charge in [0, 0.05) is 6.92 Å². The standard InChI is InChI=1S/C7H14N2O4/c1-5(10)9(13-8)6(11)12-7(2,3)4/h8H2,1-4H3. The summed E-state index contributed by atoms with van der Waals surface area (Å²) in [6.07, 6.45) is -0.928. The number of imide groups is 1. The number of hydroxylamine groups is 2. The summed E-state index contributed by atoms with van der Waals surface area (Å²) in [5.41, 5.74) is -0.691. The smallest absolute Gasteiger partial charge is 0.442 e. The van der Waals surface area contributed by atoms with Crippen LogP contribution in [-0.4, -0.2) is 22.7 Å². The largest absolute Gasteiger partial charge is 0.443 e. The van der Waals surface area contributed by atoms with E-state index in [1.165, 1.54) is 0 Å². The Bertz CT molecular complexity index is 209. The quantitative estimate of drug-likeness (QED) is 0.611. The van der Waals surface area contributed by atoms with Gasteiger partial charge in [-0.2, -0.15) is 10.8 Å². The number of nitrogens with zero attached hydrogens (tertiary/aromatic N) is 1. The van der Waals surface area contributed by atoms with E-state index in [0.717, 1.165) is 6.92 Å². The molecule has 0 saturated heterocycles. The van der Waals surface area contributed by atoms with Gasteiger partial charge in [0.15, 0.2) is 0 Å². The lowest BCUT2D eigenvalue weighted by Crippen LogP contribution is -2.41. The van der Waals surface area contributed by atoms with E-state index in [1.807, 2.05) is 0 Å². The van der Waals surface area contributed by atoms with Gasteiger partial charge in [0.05, 0.1) is 0 Å². The molecule has 6 heteroatoms. The van der Waals surface area contributed by atoms with Gasteiger partial charge < -0.3 is 4.74 Å². The van der Waals surface area contributed by atoms with E-state index >= 15 is 0 Å². The molecule has 0 fully saturated rings. The minimum absolute atomic E-state index is 0.339. The molecule has 0 aromatic carbocycles. The maximum atomic E-state index is 11.1. The molecule has 0 aromatic heterocycles. The van der Waals surface area contributed by atoms with Crippen molar-refractivity contribution in [3.8, 4) is 0 Å². The lowest BCUT2D eigenvalue weighted by molar-refractivity contribution is -0.177. The second-order valence-corrected chi connectivity index (χ2v) is 3.40. The summed E-state index contributed by atoms with van der Waals surface area (Å²) in [4.78, 5) is 25.9. The van der Waals surface area contributed by atoms with Crippen LogP contribution < -0.4 is 5.90 Å². The SMILES string of the molecule is CC(=O)N(ON)C(=O)OC(C)(C)C. The minimum Gasteiger partial charge on any atom is -0.442 e. The van der Waals surface area contributed by atoms with Gasteiger partial charge in [0.2, 0.25) is 0 Å². The van der Waals surface area contributed by atoms with Crippen LogP contribution >= 0.6 is 0 Å². The van der Waals surface area contributed by atoms with Crippen molar-refractivity contribution < 1.29 is 19.3 Å². The number of hydrogen-bond donors (Lipinski definition) is 1. The second-order valence-electron chi connectivity index (χ2n) is 3.40. The zero-order chi connectivity index (χ0) is 10.6. The number of carbonyl (C=O) groups excluding carboxylic acids is 2. The third kappa shape index (κ3) is 4.44. The number of nitrogens with two attached hydrogens (primary N) is 1. The molecule has 0 radical (unpaired) electrons. The molecule has 0 unspecified atom stereocenters. The highest BCUT2D eigenvalue weighted by Gasteiger charge is 2.25. The van der Waals surface area contributed by atoms with Crippen LogP contribution in [0, 0.1) is 0 Å². The Morgan fingerprint density at radius 3 is 2.00 bits per heavy atom. The molecule has 0 aliphatic rings. The van der Waals surface area contributed by atoms with Gasteiger partial charge in [-0.25, -0.2) is 4.79 Å². The molecule has 0 atom stereocenters. The summed E-state index contributed by atoms with van der Waals surface area (Å²) in [5, 5.41) is 0.339. The zero-order valence-electron chi connectivity index (χ0n) is 8.16. The Hall–Kier alpha value is -1.14. The van der Waals surface area contributed by atoms with Crippen molar-refractivity contribution in [2.75, 3.05) is 0 Å². The number of hydrogen-bond acceptors (Lipinski definition) is 5. The van der Waals surface area contributed by atoms with Gasteiger partial charge in [-0.05, 0) is 20.8 Å². The number of amides is 2. The van der Waals surface area contributed by atoms with Crippen LogP contribution in [0.5, 0.6) is 0 Å². The molecule has 76 valence electrons. The van der Waals surface area contributed by atoms with Gasteiger partial charge in [0.25, 0.3) is 5.91 Å². The van der Waals surface area contributed by atoms with E-state index in [2.05, 4.69) is 4.94 Å². The van der Waals surface area contributed by atoms with Crippen molar-refractivity contribution in [3.63, 3.8) is 0 Å². The monoisotopic (exact) mass is 190 g/mol. The zero-order valence-corrected chi connectivity index (χ0v) is 8.16. The average Bonchev–Trinajstić information content (AvgIpc) is 1.82. The molecule has 0 spiro atoms. The third-order valence-corrected chi connectivity index (χ3v) is 0.951. The summed E-state index contributed by atoms with van der Waals surface area (Å²) in [6, 6.07) is 0. The van der Waals surface area contributed by atoms with Crippen molar-refractivity contribution in [2.24, 2.45) is 5.90 Å². The highest BCUT2D eigenvalue weighted by molar-refractivity contribution is 5.89. The van der Waals surface area contributed by atoms with Crippen molar-refractivity contribution in [1.82, 2.24) is 5.06 Å². The van der Waals surface area contributed by atoms with Crippen molar-refractivity contribution in [2.45, 2.75) is 33.3 Å². The number of rotatable bonds is 1. The Morgan fingerprint density at radius 2 is 1.77 bits per heavy atom. The molecule has 6 nitrogen and oxygen atoms in total. The van der Waals surface area contributed by atoms with Crippen LogP contribution in [0.2, 0.25) is 0 Å². The average molecular weight is 190 g/mol. The molecule has 0 saturated carbocycles. The summed E-state index contributed by atoms with van der Waals surface area (Å²) in [7, 11) is 0. The maximum absolute atomic E-state index is 11.1. The minimum atomic E-state index is -0.928. The number of carbonyl (C=O) groups is 2. The van der Waals surface area contributed by atoms with E-state index in [9.17, 15) is 9.59 Å². The Balaban J connectivity index is 4.32. The molecular formula is C7H14N2O4. The fourth-order valence-corrected chi connectivity index (χ4v) is 0.549. The molecule has 2 N–H and O–H groups in total. The lowest BCUT2D eigenvalue weighted by Gasteiger charge is -2.22. The van der Waals surface area contributed by atoms with Crippen LogP contribution in [0.3, 0.4) is 0 Å². The first kappa shape index (κ1) is 11.9. The van der Waals surface area contributed by atoms with Crippen molar-refractivity contribution in [3.05, 3.63) is 0 Å². The highest BCUT2D eigenvalue weighted by Crippen LogP contribution is 2.09. The first-order chi connectivity index (χ1) is 5.78. The van der Waals surface area contributed by atoms with Gasteiger partial charge in [-0.15, -0.1) is 0 Å². The summed E-state index contributed by atoms with van der Waals surface area (Å²) < 4.78 is 4.81. The van der Waals surface area contributed by atoms with Crippen LogP contribution in [0.15, 0.2) is 0 Å². The van der Waals surface area contributed by atoms with E-state index < -0.39 is 17.6 Å². The van der Waals surface area contributed by atoms with Crippen LogP contribution in [0.25, 0.3) is 0 Å². The lowest BCUT2D eigenvalue weighted by atomic mass is 10.2. The highest BCUT2D eigenvalue weighted by atomic mass is 16.8. The topological polar surface area (TPSA) is 81.9 Å². The molecule has 0 aliphatic heterocycles. The van der Waals surface area contributed by atoms with Gasteiger partial charge >= 0.3 is 6.09 Å². The molecule has 13 heavy (non-hydrogen) atoms. The van der Waals surface area contributed by atoms with Gasteiger partial charge in [-0.3, -0.25) is 4.79 Å². The molecule has 0 bridgehead atoms. The molecule has 0 aromatic rings. The predicted molar refractivity (Wildman–Crippen MR) is 44.0 cm³/mol. The molecule has 0 rings (SSSR count). The molecule has 0 heterocycles. The van der Waals surface area contributed by atoms with Crippen LogP contribution in [0.4, 0.5) is 4.79 Å². The Labute approximate surface area is 76.5 Å². The molecular weight excluding hydrogens is 176 g/mol. The van der Waals surface area contributed by atoms with Crippen LogP contribution in [0.1, 0.15) is 27.7 Å². The maximum Gasteiger partial charge on any atom is 0.443 e. The number of ether oxygens (including phenoxy) is 1. The first-order valence-corrected chi connectivity index (χ1v) is 3.68. The molecule has 2 amide bonds. The fourth-order valence-electron chi connectivity index (χ4n) is 0.549. The first-order valence-electron chi connectivity index (χ1n) is 3.68. The Kier molecular flexibility index (Phi) is 3.83. The summed E-state index contributed by atoms with van der Waals surface area (Å²) >= 11 is 0. The molecule has 0 aliphatic carbocycles. The predicted octanol–water partition coefficient (Wildman–Crippen LogP) is 0.575. The van der Waals surface area contributed by atoms with Crippen molar-refractivity contribution in [1.29, 1.82) is 0 Å². The normalized spacial score (nSPS) is 10.8. The van der Waals surface area contributed by atoms with Crippen LogP contribution in [-0.2, 0) is 14.5 Å². The van der Waals surface area contributed by atoms with E-state index in [1.54, 1.807) is 20.8 Å². The summed E-state index contributed by atoms with van der Waals surface area (Å²) in [6.45, 7) is 6.13.